The van der Waals surface area contributed by atoms with Crippen LogP contribution in [-0.4, -0.2) is 43.5 Å². The maximum Gasteiger partial charge on any atom is 0.242 e. The molecule has 0 spiro atoms. The Labute approximate surface area is 187 Å². The van der Waals surface area contributed by atoms with Crippen LogP contribution in [-0.2, 0) is 16.1 Å². The van der Waals surface area contributed by atoms with E-state index in [9.17, 15) is 9.59 Å². The number of hydrogen-bond acceptors (Lipinski definition) is 4. The lowest BCUT2D eigenvalue weighted by Gasteiger charge is -2.29. The summed E-state index contributed by atoms with van der Waals surface area (Å²) in [5.74, 6) is 0.998. The predicted molar refractivity (Wildman–Crippen MR) is 118 cm³/mol. The molecule has 0 unspecified atom stereocenters. The fourth-order valence-corrected chi connectivity index (χ4v) is 3.39. The van der Waals surface area contributed by atoms with Gasteiger partial charge in [-0.1, -0.05) is 29.3 Å². The number of carbonyl (C=O) groups is 2. The van der Waals surface area contributed by atoms with E-state index in [1.165, 1.54) is 11.9 Å². The summed E-state index contributed by atoms with van der Waals surface area (Å²) in [6.07, 6.45) is 0.720. The standard InChI is InChI=1S/C22H26Cl2N2O4/c1-15(22(28)25-2)26(14-18-19(23)6-4-7-20(18)24)21(27)8-5-13-30-17-11-9-16(29-3)10-12-17/h4,6-7,9-12,15H,5,8,13-14H2,1-3H3,(H,25,28)/t15-/m0/s1. The number of amides is 2. The molecule has 0 aliphatic carbocycles. The number of likely N-dealkylation sites (N-methyl/N-ethyl adjacent to an activating group) is 1. The third-order valence-corrected chi connectivity index (χ3v) is 5.38. The van der Waals surface area contributed by atoms with Gasteiger partial charge in [0, 0.05) is 35.6 Å². The third kappa shape index (κ3) is 6.54. The quantitative estimate of drug-likeness (QED) is 0.544. The van der Waals surface area contributed by atoms with Crippen molar-refractivity contribution >= 4 is 35.0 Å². The summed E-state index contributed by atoms with van der Waals surface area (Å²) < 4.78 is 10.8. The van der Waals surface area contributed by atoms with Gasteiger partial charge in [0.1, 0.15) is 17.5 Å². The molecule has 2 amide bonds. The van der Waals surface area contributed by atoms with Gasteiger partial charge in [0.15, 0.2) is 0 Å². The third-order valence-electron chi connectivity index (χ3n) is 4.67. The lowest BCUT2D eigenvalue weighted by atomic mass is 10.1. The summed E-state index contributed by atoms with van der Waals surface area (Å²) in [6.45, 7) is 2.19. The molecule has 0 fully saturated rings. The molecular formula is C22H26Cl2N2O4. The van der Waals surface area contributed by atoms with Crippen molar-refractivity contribution in [2.75, 3.05) is 20.8 Å². The number of rotatable bonds is 10. The first-order chi connectivity index (χ1) is 14.4. The van der Waals surface area contributed by atoms with Crippen LogP contribution < -0.4 is 14.8 Å². The highest BCUT2D eigenvalue weighted by atomic mass is 35.5. The molecule has 1 N–H and O–H groups in total. The topological polar surface area (TPSA) is 67.9 Å². The van der Waals surface area contributed by atoms with Crippen molar-refractivity contribution in [1.29, 1.82) is 0 Å². The highest BCUT2D eigenvalue weighted by Crippen LogP contribution is 2.27. The van der Waals surface area contributed by atoms with Crippen LogP contribution in [0.3, 0.4) is 0 Å². The molecule has 0 saturated carbocycles. The maximum absolute atomic E-state index is 12.9. The van der Waals surface area contributed by atoms with Gasteiger partial charge in [-0.15, -0.1) is 0 Å². The largest absolute Gasteiger partial charge is 0.497 e. The summed E-state index contributed by atoms with van der Waals surface area (Å²) in [5, 5.41) is 3.48. The van der Waals surface area contributed by atoms with E-state index in [0.29, 0.717) is 34.4 Å². The first-order valence-corrected chi connectivity index (χ1v) is 10.3. The fraction of sp³-hybridized carbons (Fsp3) is 0.364. The van der Waals surface area contributed by atoms with Crippen molar-refractivity contribution < 1.29 is 19.1 Å². The van der Waals surface area contributed by atoms with Crippen LogP contribution in [0.2, 0.25) is 10.0 Å². The van der Waals surface area contributed by atoms with Crippen molar-refractivity contribution in [3.05, 3.63) is 58.1 Å². The first kappa shape index (κ1) is 23.8. The second-order valence-corrected chi connectivity index (χ2v) is 7.45. The van der Waals surface area contributed by atoms with E-state index in [1.807, 2.05) is 0 Å². The molecule has 30 heavy (non-hydrogen) atoms. The molecule has 6 nitrogen and oxygen atoms in total. The van der Waals surface area contributed by atoms with Crippen LogP contribution in [0.25, 0.3) is 0 Å². The minimum absolute atomic E-state index is 0.144. The second kappa shape index (κ2) is 11.7. The minimum atomic E-state index is -0.669. The summed E-state index contributed by atoms with van der Waals surface area (Å²) in [5.41, 5.74) is 0.611. The van der Waals surface area contributed by atoms with Gasteiger partial charge in [-0.05, 0) is 49.7 Å². The van der Waals surface area contributed by atoms with Crippen LogP contribution in [0.1, 0.15) is 25.3 Å². The van der Waals surface area contributed by atoms with Gasteiger partial charge in [0.25, 0.3) is 0 Å². The van der Waals surface area contributed by atoms with Crippen LogP contribution in [0.4, 0.5) is 0 Å². The van der Waals surface area contributed by atoms with E-state index in [4.69, 9.17) is 32.7 Å². The fourth-order valence-electron chi connectivity index (χ4n) is 2.87. The molecule has 162 valence electrons. The number of nitrogens with zero attached hydrogens (tertiary/aromatic N) is 1. The van der Waals surface area contributed by atoms with E-state index in [2.05, 4.69) is 5.32 Å². The lowest BCUT2D eigenvalue weighted by molar-refractivity contribution is -0.140. The Hall–Kier alpha value is -2.44. The molecular weight excluding hydrogens is 427 g/mol. The molecule has 0 aromatic heterocycles. The summed E-state index contributed by atoms with van der Waals surface area (Å²) >= 11 is 12.5. The Morgan fingerprint density at radius 1 is 1.07 bits per heavy atom. The van der Waals surface area contributed by atoms with Crippen LogP contribution in [0.15, 0.2) is 42.5 Å². The van der Waals surface area contributed by atoms with E-state index < -0.39 is 6.04 Å². The molecule has 0 bridgehead atoms. The zero-order chi connectivity index (χ0) is 22.1. The monoisotopic (exact) mass is 452 g/mol. The number of hydrogen-bond donors (Lipinski definition) is 1. The van der Waals surface area contributed by atoms with Crippen molar-refractivity contribution in [1.82, 2.24) is 10.2 Å². The number of methoxy groups -OCH3 is 1. The average Bonchev–Trinajstić information content (AvgIpc) is 2.75. The molecule has 2 aromatic carbocycles. The van der Waals surface area contributed by atoms with Crippen molar-refractivity contribution in [2.45, 2.75) is 32.4 Å². The van der Waals surface area contributed by atoms with Gasteiger partial charge in [0.05, 0.1) is 13.7 Å². The Kier molecular flexibility index (Phi) is 9.27. The zero-order valence-corrected chi connectivity index (χ0v) is 18.8. The molecule has 2 aromatic rings. The average molecular weight is 453 g/mol. The second-order valence-electron chi connectivity index (χ2n) is 6.64. The Morgan fingerprint density at radius 3 is 2.23 bits per heavy atom. The molecule has 0 saturated heterocycles. The van der Waals surface area contributed by atoms with Crippen molar-refractivity contribution in [3.63, 3.8) is 0 Å². The predicted octanol–water partition coefficient (Wildman–Crippen LogP) is 4.32. The Balaban J connectivity index is 2.00. The lowest BCUT2D eigenvalue weighted by Crippen LogP contribution is -2.46. The number of nitrogens with one attached hydrogen (secondary N) is 1. The Bertz CT molecular complexity index is 838. The van der Waals surface area contributed by atoms with E-state index in [0.717, 1.165) is 5.75 Å². The molecule has 2 rings (SSSR count). The van der Waals surface area contributed by atoms with E-state index in [1.54, 1.807) is 56.5 Å². The van der Waals surface area contributed by atoms with Crippen LogP contribution in [0.5, 0.6) is 11.5 Å². The summed E-state index contributed by atoms with van der Waals surface area (Å²) in [7, 11) is 3.13. The number of ether oxygens (including phenoxy) is 2. The van der Waals surface area contributed by atoms with Crippen LogP contribution >= 0.6 is 23.2 Å². The molecule has 0 aliphatic heterocycles. The summed E-state index contributed by atoms with van der Waals surface area (Å²) in [6, 6.07) is 11.7. The van der Waals surface area contributed by atoms with Gasteiger partial charge in [-0.25, -0.2) is 0 Å². The number of halogens is 2. The molecule has 1 atom stereocenters. The van der Waals surface area contributed by atoms with Gasteiger partial charge in [-0.3, -0.25) is 9.59 Å². The normalized spacial score (nSPS) is 11.5. The number of carbonyl (C=O) groups excluding carboxylic acids is 2. The van der Waals surface area contributed by atoms with Gasteiger partial charge >= 0.3 is 0 Å². The minimum Gasteiger partial charge on any atom is -0.497 e. The van der Waals surface area contributed by atoms with Crippen molar-refractivity contribution in [2.24, 2.45) is 0 Å². The highest BCUT2D eigenvalue weighted by molar-refractivity contribution is 6.36. The number of benzene rings is 2. The molecule has 0 radical (unpaired) electrons. The van der Waals surface area contributed by atoms with Gasteiger partial charge < -0.3 is 19.7 Å². The van der Waals surface area contributed by atoms with E-state index in [-0.39, 0.29) is 24.8 Å². The maximum atomic E-state index is 12.9. The SMILES string of the molecule is CNC(=O)[C@H](C)N(Cc1c(Cl)cccc1Cl)C(=O)CCCOc1ccc(OC)cc1. The zero-order valence-electron chi connectivity index (χ0n) is 17.3. The van der Waals surface area contributed by atoms with Crippen molar-refractivity contribution in [3.8, 4) is 11.5 Å². The smallest absolute Gasteiger partial charge is 0.242 e. The summed E-state index contributed by atoms with van der Waals surface area (Å²) in [4.78, 5) is 26.6. The Morgan fingerprint density at radius 2 is 1.67 bits per heavy atom. The van der Waals surface area contributed by atoms with Crippen LogP contribution in [0, 0.1) is 0 Å². The van der Waals surface area contributed by atoms with Gasteiger partial charge in [0.2, 0.25) is 11.8 Å². The van der Waals surface area contributed by atoms with E-state index >= 15 is 0 Å². The molecule has 8 heteroatoms. The van der Waals surface area contributed by atoms with Gasteiger partial charge in [-0.2, -0.15) is 0 Å². The molecule has 0 heterocycles. The highest BCUT2D eigenvalue weighted by Gasteiger charge is 2.26. The molecule has 0 aliphatic rings. The first-order valence-electron chi connectivity index (χ1n) is 9.58.